The van der Waals surface area contributed by atoms with E-state index in [-0.39, 0.29) is 0 Å². The zero-order valence-electron chi connectivity index (χ0n) is 15.4. The van der Waals surface area contributed by atoms with Crippen molar-refractivity contribution in [2.75, 3.05) is 38.6 Å². The number of hydrogen-bond donors (Lipinski definition) is 1. The Morgan fingerprint density at radius 2 is 1.63 bits per heavy atom. The Balaban J connectivity index is 1.59. The lowest BCUT2D eigenvalue weighted by Gasteiger charge is -2.19. The molecular weight excluding hydrogens is 340 g/mol. The third-order valence-corrected chi connectivity index (χ3v) is 5.42. The van der Waals surface area contributed by atoms with Gasteiger partial charge in [0.2, 0.25) is 0 Å². The van der Waals surface area contributed by atoms with Gasteiger partial charge in [-0.2, -0.15) is 0 Å². The number of aromatic nitrogens is 2. The molecule has 2 N–H and O–H groups in total. The number of nitrogen functional groups attached to an aromatic ring is 1. The van der Waals surface area contributed by atoms with Gasteiger partial charge in [0, 0.05) is 36.5 Å². The minimum Gasteiger partial charge on any atom is -0.486 e. The Morgan fingerprint density at radius 3 is 2.37 bits per heavy atom. The fourth-order valence-electron chi connectivity index (χ4n) is 3.99. The van der Waals surface area contributed by atoms with Gasteiger partial charge < -0.3 is 24.7 Å². The zero-order chi connectivity index (χ0) is 18.2. The number of anilines is 1. The third kappa shape index (κ3) is 3.10. The zero-order valence-corrected chi connectivity index (χ0v) is 15.4. The SMILES string of the molecule is Nc1ccc(-c2nc3cc4c(cc3n2CCN2CCCC2)OCCO4)cc1. The third-order valence-electron chi connectivity index (χ3n) is 5.42. The summed E-state index contributed by atoms with van der Waals surface area (Å²) in [5.41, 5.74) is 9.73. The molecule has 5 rings (SSSR count). The maximum absolute atomic E-state index is 5.88. The summed E-state index contributed by atoms with van der Waals surface area (Å²) in [7, 11) is 0. The second-order valence-electron chi connectivity index (χ2n) is 7.24. The van der Waals surface area contributed by atoms with Gasteiger partial charge in [-0.05, 0) is 50.2 Å². The van der Waals surface area contributed by atoms with Crippen molar-refractivity contribution in [2.24, 2.45) is 0 Å². The first kappa shape index (κ1) is 16.4. The van der Waals surface area contributed by atoms with Gasteiger partial charge >= 0.3 is 0 Å². The van der Waals surface area contributed by atoms with E-state index >= 15 is 0 Å². The van der Waals surface area contributed by atoms with Crippen molar-refractivity contribution in [1.29, 1.82) is 0 Å². The van der Waals surface area contributed by atoms with Gasteiger partial charge in [-0.25, -0.2) is 4.98 Å². The molecule has 140 valence electrons. The van der Waals surface area contributed by atoms with E-state index in [1.54, 1.807) is 0 Å². The maximum Gasteiger partial charge on any atom is 0.163 e. The number of benzene rings is 2. The van der Waals surface area contributed by atoms with Crippen molar-refractivity contribution in [3.05, 3.63) is 36.4 Å². The number of fused-ring (bicyclic) bond motifs is 2. The number of imidazole rings is 1. The maximum atomic E-state index is 5.88. The summed E-state index contributed by atoms with van der Waals surface area (Å²) in [6.07, 6.45) is 2.60. The van der Waals surface area contributed by atoms with Crippen molar-refractivity contribution < 1.29 is 9.47 Å². The molecule has 0 saturated carbocycles. The average molecular weight is 364 g/mol. The molecule has 0 spiro atoms. The summed E-state index contributed by atoms with van der Waals surface area (Å²) < 4.78 is 13.8. The lowest BCUT2D eigenvalue weighted by atomic mass is 10.2. The fraction of sp³-hybridized carbons (Fsp3) is 0.381. The van der Waals surface area contributed by atoms with Gasteiger partial charge in [-0.1, -0.05) is 0 Å². The molecule has 0 atom stereocenters. The van der Waals surface area contributed by atoms with E-state index in [9.17, 15) is 0 Å². The van der Waals surface area contributed by atoms with Crippen LogP contribution < -0.4 is 15.2 Å². The van der Waals surface area contributed by atoms with E-state index in [4.69, 9.17) is 20.2 Å². The van der Waals surface area contributed by atoms with Gasteiger partial charge in [0.1, 0.15) is 19.0 Å². The first-order chi connectivity index (χ1) is 13.3. The van der Waals surface area contributed by atoms with E-state index in [2.05, 4.69) is 15.5 Å². The van der Waals surface area contributed by atoms with Crippen LogP contribution in [0.1, 0.15) is 12.8 Å². The van der Waals surface area contributed by atoms with Gasteiger partial charge in [0.25, 0.3) is 0 Å². The van der Waals surface area contributed by atoms with Crippen molar-refractivity contribution in [3.63, 3.8) is 0 Å². The molecule has 3 heterocycles. The molecule has 1 aromatic heterocycles. The summed E-state index contributed by atoms with van der Waals surface area (Å²) in [4.78, 5) is 7.46. The highest BCUT2D eigenvalue weighted by molar-refractivity contribution is 5.84. The highest BCUT2D eigenvalue weighted by atomic mass is 16.6. The van der Waals surface area contributed by atoms with Crippen molar-refractivity contribution in [3.8, 4) is 22.9 Å². The monoisotopic (exact) mass is 364 g/mol. The van der Waals surface area contributed by atoms with E-state index in [0.29, 0.717) is 13.2 Å². The van der Waals surface area contributed by atoms with Crippen LogP contribution in [-0.2, 0) is 6.54 Å². The molecule has 0 amide bonds. The number of nitrogens with zero attached hydrogens (tertiary/aromatic N) is 3. The number of nitrogens with two attached hydrogens (primary N) is 1. The summed E-state index contributed by atoms with van der Waals surface area (Å²) in [6.45, 7) is 5.48. The molecular formula is C21H24N4O2. The molecule has 0 radical (unpaired) electrons. The highest BCUT2D eigenvalue weighted by Crippen LogP contribution is 2.36. The van der Waals surface area contributed by atoms with E-state index < -0.39 is 0 Å². The molecule has 0 bridgehead atoms. The molecule has 0 unspecified atom stereocenters. The standard InChI is InChI=1S/C21H24N4O2/c22-16-5-3-15(4-6-16)21-23-17-13-19-20(27-12-11-26-19)14-18(17)25(21)10-9-24-7-1-2-8-24/h3-6,13-14H,1-2,7-12,22H2. The second-order valence-corrected chi connectivity index (χ2v) is 7.24. The highest BCUT2D eigenvalue weighted by Gasteiger charge is 2.20. The average Bonchev–Trinajstić information content (AvgIpc) is 3.33. The predicted molar refractivity (Wildman–Crippen MR) is 106 cm³/mol. The Morgan fingerprint density at radius 1 is 0.926 bits per heavy atom. The molecule has 1 fully saturated rings. The molecule has 2 aromatic carbocycles. The van der Waals surface area contributed by atoms with Crippen molar-refractivity contribution in [2.45, 2.75) is 19.4 Å². The van der Waals surface area contributed by atoms with Gasteiger partial charge in [0.15, 0.2) is 11.5 Å². The van der Waals surface area contributed by atoms with Crippen LogP contribution in [0, 0.1) is 0 Å². The topological polar surface area (TPSA) is 65.5 Å². The van der Waals surface area contributed by atoms with Crippen molar-refractivity contribution >= 4 is 16.7 Å². The largest absolute Gasteiger partial charge is 0.486 e. The normalized spacial score (nSPS) is 16.9. The summed E-state index contributed by atoms with van der Waals surface area (Å²) in [5, 5.41) is 0. The molecule has 2 aliphatic heterocycles. The first-order valence-electron chi connectivity index (χ1n) is 9.66. The van der Waals surface area contributed by atoms with Crippen LogP contribution in [0.5, 0.6) is 11.5 Å². The van der Waals surface area contributed by atoms with E-state index in [1.165, 1.54) is 25.9 Å². The van der Waals surface area contributed by atoms with Crippen LogP contribution in [0.4, 0.5) is 5.69 Å². The number of rotatable bonds is 4. The molecule has 3 aromatic rings. The first-order valence-corrected chi connectivity index (χ1v) is 9.66. The fourth-order valence-corrected chi connectivity index (χ4v) is 3.99. The van der Waals surface area contributed by atoms with E-state index in [0.717, 1.165) is 52.7 Å². The molecule has 1 saturated heterocycles. The minimum absolute atomic E-state index is 0.582. The summed E-state index contributed by atoms with van der Waals surface area (Å²) in [5.74, 6) is 2.55. The summed E-state index contributed by atoms with van der Waals surface area (Å²) >= 11 is 0. The number of likely N-dealkylation sites (tertiary alicyclic amines) is 1. The quantitative estimate of drug-likeness (QED) is 0.721. The summed E-state index contributed by atoms with van der Waals surface area (Å²) in [6, 6.07) is 12.0. The van der Waals surface area contributed by atoms with Gasteiger partial charge in [0.05, 0.1) is 11.0 Å². The lowest BCUT2D eigenvalue weighted by molar-refractivity contribution is 0.172. The van der Waals surface area contributed by atoms with E-state index in [1.807, 2.05) is 30.3 Å². The second kappa shape index (κ2) is 6.78. The van der Waals surface area contributed by atoms with Gasteiger partial charge in [-0.15, -0.1) is 0 Å². The van der Waals surface area contributed by atoms with Crippen LogP contribution in [0.3, 0.4) is 0 Å². The Hall–Kier alpha value is -2.73. The van der Waals surface area contributed by atoms with Crippen LogP contribution in [0.25, 0.3) is 22.4 Å². The van der Waals surface area contributed by atoms with Gasteiger partial charge in [-0.3, -0.25) is 0 Å². The van der Waals surface area contributed by atoms with Crippen LogP contribution in [0.2, 0.25) is 0 Å². The number of ether oxygens (including phenoxy) is 2. The van der Waals surface area contributed by atoms with Crippen LogP contribution in [-0.4, -0.2) is 47.3 Å². The Kier molecular flexibility index (Phi) is 4.13. The Bertz CT molecular complexity index is 958. The molecule has 0 aliphatic carbocycles. The Labute approximate surface area is 158 Å². The van der Waals surface area contributed by atoms with Crippen LogP contribution in [0.15, 0.2) is 36.4 Å². The molecule has 2 aliphatic rings. The minimum atomic E-state index is 0.582. The molecule has 6 nitrogen and oxygen atoms in total. The predicted octanol–water partition coefficient (Wildman–Crippen LogP) is 3.15. The van der Waals surface area contributed by atoms with Crippen molar-refractivity contribution in [1.82, 2.24) is 14.5 Å². The molecule has 27 heavy (non-hydrogen) atoms. The number of hydrogen-bond acceptors (Lipinski definition) is 5. The molecule has 6 heteroatoms. The smallest absolute Gasteiger partial charge is 0.163 e. The van der Waals surface area contributed by atoms with Crippen LogP contribution >= 0.6 is 0 Å². The lowest BCUT2D eigenvalue weighted by Crippen LogP contribution is -2.24.